The van der Waals surface area contributed by atoms with Gasteiger partial charge in [0.1, 0.15) is 5.75 Å². The number of rotatable bonds is 6. The Bertz CT molecular complexity index is 784. The van der Waals surface area contributed by atoms with Crippen molar-refractivity contribution in [2.75, 3.05) is 18.1 Å². The van der Waals surface area contributed by atoms with Crippen molar-refractivity contribution in [1.29, 1.82) is 0 Å². The van der Waals surface area contributed by atoms with E-state index in [4.69, 9.17) is 21.1 Å². The summed E-state index contributed by atoms with van der Waals surface area (Å²) in [5.41, 5.74) is 1.58. The van der Waals surface area contributed by atoms with Gasteiger partial charge in [0.2, 0.25) is 0 Å². The maximum atomic E-state index is 12.0. The third-order valence-corrected chi connectivity index (χ3v) is 6.00. The summed E-state index contributed by atoms with van der Waals surface area (Å²) in [7, 11) is -3.09. The number of esters is 1. The van der Waals surface area contributed by atoms with Crippen LogP contribution in [-0.4, -0.2) is 50.6 Å². The van der Waals surface area contributed by atoms with Gasteiger partial charge in [-0.05, 0) is 50.5 Å². The second-order valence-corrected chi connectivity index (χ2v) is 9.06. The van der Waals surface area contributed by atoms with Crippen LogP contribution in [0.25, 0.3) is 0 Å². The highest BCUT2D eigenvalue weighted by molar-refractivity contribution is 7.91. The molecule has 1 aliphatic rings. The Hall–Kier alpha value is -1.80. The summed E-state index contributed by atoms with van der Waals surface area (Å²) in [4.78, 5) is 23.9. The fraction of sp³-hybridized carbons (Fsp3) is 0.529. The molecule has 0 aromatic heterocycles. The molecule has 144 valence electrons. The molecule has 1 aliphatic heterocycles. The second kappa shape index (κ2) is 8.26. The molecule has 1 aromatic carbocycles. The number of hydrogen-bond donors (Lipinski definition) is 1. The Labute approximate surface area is 157 Å². The summed E-state index contributed by atoms with van der Waals surface area (Å²) in [6.07, 6.45) is -0.672. The van der Waals surface area contributed by atoms with Gasteiger partial charge >= 0.3 is 5.97 Å². The lowest BCUT2D eigenvalue weighted by Gasteiger charge is -2.17. The summed E-state index contributed by atoms with van der Waals surface area (Å²) < 4.78 is 33.3. The average Bonchev–Trinajstić information content (AvgIpc) is 2.84. The predicted octanol–water partition coefficient (Wildman–Crippen LogP) is 1.57. The van der Waals surface area contributed by atoms with Gasteiger partial charge in [-0.15, -0.1) is 0 Å². The number of halogens is 1. The van der Waals surface area contributed by atoms with Gasteiger partial charge in [-0.1, -0.05) is 11.6 Å². The molecule has 7 nitrogen and oxygen atoms in total. The molecule has 1 fully saturated rings. The molecular weight excluding hydrogens is 382 g/mol. The largest absolute Gasteiger partial charge is 0.481 e. The van der Waals surface area contributed by atoms with Crippen LogP contribution < -0.4 is 10.1 Å². The SMILES string of the molecule is Cc1cc(Cl)cc(C)c1OCC(=O)O[C@H](C)C(=O)N[C@H]1CCS(=O)(=O)C1. The van der Waals surface area contributed by atoms with Crippen molar-refractivity contribution in [3.05, 3.63) is 28.3 Å². The first-order valence-corrected chi connectivity index (χ1v) is 10.4. The van der Waals surface area contributed by atoms with Crippen molar-refractivity contribution in [2.45, 2.75) is 39.3 Å². The lowest BCUT2D eigenvalue weighted by Crippen LogP contribution is -2.43. The van der Waals surface area contributed by atoms with E-state index in [1.54, 1.807) is 12.1 Å². The van der Waals surface area contributed by atoms with Crippen LogP contribution in [-0.2, 0) is 24.2 Å². The molecule has 1 saturated heterocycles. The first kappa shape index (κ1) is 20.5. The lowest BCUT2D eigenvalue weighted by molar-refractivity contribution is -0.156. The molecule has 2 rings (SSSR count). The minimum absolute atomic E-state index is 0.0553. The third-order valence-electron chi connectivity index (χ3n) is 4.02. The molecule has 1 amide bonds. The number of hydrogen-bond acceptors (Lipinski definition) is 6. The molecule has 0 aliphatic carbocycles. The van der Waals surface area contributed by atoms with E-state index in [2.05, 4.69) is 5.32 Å². The van der Waals surface area contributed by atoms with E-state index in [0.29, 0.717) is 17.2 Å². The van der Waals surface area contributed by atoms with Gasteiger partial charge in [-0.25, -0.2) is 13.2 Å². The van der Waals surface area contributed by atoms with Crippen LogP contribution in [0.15, 0.2) is 12.1 Å². The van der Waals surface area contributed by atoms with E-state index in [9.17, 15) is 18.0 Å². The summed E-state index contributed by atoms with van der Waals surface area (Å²) in [5, 5.41) is 3.16. The molecule has 0 bridgehead atoms. The van der Waals surface area contributed by atoms with Crippen LogP contribution >= 0.6 is 11.6 Å². The number of aryl methyl sites for hydroxylation is 2. The zero-order valence-corrected chi connectivity index (χ0v) is 16.4. The number of ether oxygens (including phenoxy) is 2. The van der Waals surface area contributed by atoms with Gasteiger partial charge in [0.05, 0.1) is 11.5 Å². The van der Waals surface area contributed by atoms with Crippen molar-refractivity contribution < 1.29 is 27.5 Å². The molecule has 1 aromatic rings. The number of carbonyl (C=O) groups excluding carboxylic acids is 2. The molecule has 9 heteroatoms. The van der Waals surface area contributed by atoms with Crippen molar-refractivity contribution in [1.82, 2.24) is 5.32 Å². The van der Waals surface area contributed by atoms with E-state index in [1.165, 1.54) is 6.92 Å². The fourth-order valence-corrected chi connectivity index (χ4v) is 4.77. The molecule has 0 unspecified atom stereocenters. The van der Waals surface area contributed by atoms with E-state index in [1.807, 2.05) is 13.8 Å². The normalized spacial score (nSPS) is 19.6. The minimum Gasteiger partial charge on any atom is -0.481 e. The summed E-state index contributed by atoms with van der Waals surface area (Å²) in [6, 6.07) is 3.01. The molecule has 1 heterocycles. The molecular formula is C17H22ClNO6S. The van der Waals surface area contributed by atoms with Crippen molar-refractivity contribution >= 4 is 33.3 Å². The Morgan fingerprint density at radius 3 is 2.46 bits per heavy atom. The smallest absolute Gasteiger partial charge is 0.344 e. The minimum atomic E-state index is -3.09. The average molecular weight is 404 g/mol. The summed E-state index contributed by atoms with van der Waals surface area (Å²) >= 11 is 5.95. The molecule has 26 heavy (non-hydrogen) atoms. The molecule has 0 saturated carbocycles. The maximum absolute atomic E-state index is 12.0. The van der Waals surface area contributed by atoms with Crippen LogP contribution in [0.2, 0.25) is 5.02 Å². The van der Waals surface area contributed by atoms with E-state index in [0.717, 1.165) is 11.1 Å². The molecule has 2 atom stereocenters. The summed E-state index contributed by atoms with van der Waals surface area (Å²) in [6.45, 7) is 4.70. The topological polar surface area (TPSA) is 98.8 Å². The van der Waals surface area contributed by atoms with Crippen LogP contribution in [0, 0.1) is 13.8 Å². The zero-order valence-electron chi connectivity index (χ0n) is 14.9. The number of carbonyl (C=O) groups is 2. The highest BCUT2D eigenvalue weighted by atomic mass is 35.5. The first-order valence-electron chi connectivity index (χ1n) is 8.17. The van der Waals surface area contributed by atoms with E-state index in [-0.39, 0.29) is 18.1 Å². The lowest BCUT2D eigenvalue weighted by atomic mass is 10.1. The highest BCUT2D eigenvalue weighted by Gasteiger charge is 2.30. The molecule has 0 spiro atoms. The van der Waals surface area contributed by atoms with Crippen molar-refractivity contribution in [2.24, 2.45) is 0 Å². The van der Waals surface area contributed by atoms with Gasteiger partial charge in [0, 0.05) is 11.1 Å². The van der Waals surface area contributed by atoms with Crippen LogP contribution in [0.1, 0.15) is 24.5 Å². The molecule has 0 radical (unpaired) electrons. The molecule has 1 N–H and O–H groups in total. The van der Waals surface area contributed by atoms with Crippen molar-refractivity contribution in [3.8, 4) is 5.75 Å². The number of sulfone groups is 1. The number of benzene rings is 1. The Morgan fingerprint density at radius 1 is 1.31 bits per heavy atom. The van der Waals surface area contributed by atoms with Crippen LogP contribution in [0.5, 0.6) is 5.75 Å². The summed E-state index contributed by atoms with van der Waals surface area (Å²) in [5.74, 6) is -0.712. The standard InChI is InChI=1S/C17H22ClNO6S/c1-10-6-13(18)7-11(2)16(10)24-8-15(20)25-12(3)17(21)19-14-4-5-26(22,23)9-14/h6-7,12,14H,4-5,8-9H2,1-3H3,(H,19,21)/t12-,14+/m1/s1. The number of nitrogens with one attached hydrogen (secondary N) is 1. The van der Waals surface area contributed by atoms with Crippen LogP contribution in [0.4, 0.5) is 0 Å². The van der Waals surface area contributed by atoms with Crippen LogP contribution in [0.3, 0.4) is 0 Å². The monoisotopic (exact) mass is 403 g/mol. The number of amides is 1. The third kappa shape index (κ3) is 5.60. The van der Waals surface area contributed by atoms with Gasteiger partial charge < -0.3 is 14.8 Å². The van der Waals surface area contributed by atoms with Gasteiger partial charge in [-0.2, -0.15) is 0 Å². The second-order valence-electron chi connectivity index (χ2n) is 6.40. The van der Waals surface area contributed by atoms with E-state index >= 15 is 0 Å². The highest BCUT2D eigenvalue weighted by Crippen LogP contribution is 2.27. The quantitative estimate of drug-likeness (QED) is 0.724. The maximum Gasteiger partial charge on any atom is 0.344 e. The van der Waals surface area contributed by atoms with Gasteiger partial charge in [0.15, 0.2) is 22.5 Å². The predicted molar refractivity (Wildman–Crippen MR) is 97.2 cm³/mol. The zero-order chi connectivity index (χ0) is 19.5. The Morgan fingerprint density at radius 2 is 1.92 bits per heavy atom. The van der Waals surface area contributed by atoms with E-state index < -0.39 is 33.9 Å². The van der Waals surface area contributed by atoms with Gasteiger partial charge in [0.25, 0.3) is 5.91 Å². The Balaban J connectivity index is 1.83. The van der Waals surface area contributed by atoms with Gasteiger partial charge in [-0.3, -0.25) is 4.79 Å². The Kier molecular flexibility index (Phi) is 6.52. The first-order chi connectivity index (χ1) is 12.1. The van der Waals surface area contributed by atoms with Crippen molar-refractivity contribution in [3.63, 3.8) is 0 Å². The fourth-order valence-electron chi connectivity index (χ4n) is 2.77.